The molecule has 0 amide bonds. The van der Waals surface area contributed by atoms with Crippen molar-refractivity contribution < 1.29 is 39.7 Å². The SMILES string of the molecule is CO[Si](CCC(F)(F)F)(OC)Oc1cccc([Si](OC)(OC)OC)c1. The third kappa shape index (κ3) is 5.77. The van der Waals surface area contributed by atoms with Crippen molar-refractivity contribution in [3.8, 4) is 5.75 Å². The first-order chi connectivity index (χ1) is 11.7. The minimum atomic E-state index is -4.33. The lowest BCUT2D eigenvalue weighted by atomic mass is 10.3. The largest absolute Gasteiger partial charge is 0.565 e. The molecule has 1 aromatic carbocycles. The first-order valence-electron chi connectivity index (χ1n) is 7.32. The van der Waals surface area contributed by atoms with Gasteiger partial charge in [-0.3, -0.25) is 0 Å². The number of hydrogen-bond donors (Lipinski definition) is 0. The van der Waals surface area contributed by atoms with Crippen LogP contribution in [0.3, 0.4) is 0 Å². The van der Waals surface area contributed by atoms with E-state index in [0.717, 1.165) is 0 Å². The Balaban J connectivity index is 3.08. The lowest BCUT2D eigenvalue weighted by Crippen LogP contribution is -2.54. The Morgan fingerprint density at radius 1 is 0.880 bits per heavy atom. The Morgan fingerprint density at radius 2 is 1.44 bits per heavy atom. The fraction of sp³-hybridized carbons (Fsp3) is 0.571. The van der Waals surface area contributed by atoms with Crippen molar-refractivity contribution in [2.45, 2.75) is 18.6 Å². The molecule has 6 nitrogen and oxygen atoms in total. The van der Waals surface area contributed by atoms with Gasteiger partial charge in [0.2, 0.25) is 0 Å². The van der Waals surface area contributed by atoms with Gasteiger partial charge in [0.15, 0.2) is 0 Å². The van der Waals surface area contributed by atoms with E-state index in [1.165, 1.54) is 35.5 Å². The molecule has 25 heavy (non-hydrogen) atoms. The van der Waals surface area contributed by atoms with Crippen molar-refractivity contribution in [3.05, 3.63) is 24.3 Å². The van der Waals surface area contributed by atoms with Gasteiger partial charge in [-0.15, -0.1) is 0 Å². The zero-order valence-corrected chi connectivity index (χ0v) is 16.8. The molecule has 0 saturated carbocycles. The summed E-state index contributed by atoms with van der Waals surface area (Å²) < 4.78 is 70.0. The summed E-state index contributed by atoms with van der Waals surface area (Å²) in [5.74, 6) is 0.290. The molecular formula is C14H23F3O6Si2. The van der Waals surface area contributed by atoms with Crippen LogP contribution >= 0.6 is 0 Å². The number of rotatable bonds is 10. The maximum absolute atomic E-state index is 12.6. The highest BCUT2D eigenvalue weighted by Crippen LogP contribution is 2.28. The van der Waals surface area contributed by atoms with E-state index in [9.17, 15) is 13.2 Å². The quantitative estimate of drug-likeness (QED) is 0.562. The molecule has 1 rings (SSSR count). The molecule has 0 aliphatic rings. The van der Waals surface area contributed by atoms with Crippen molar-refractivity contribution in [2.24, 2.45) is 0 Å². The second-order valence-electron chi connectivity index (χ2n) is 5.00. The van der Waals surface area contributed by atoms with E-state index in [0.29, 0.717) is 5.19 Å². The second-order valence-corrected chi connectivity index (χ2v) is 10.8. The zero-order chi connectivity index (χ0) is 19.1. The Hall–Kier alpha value is -0.956. The van der Waals surface area contributed by atoms with Crippen molar-refractivity contribution in [1.29, 1.82) is 0 Å². The molecule has 0 spiro atoms. The van der Waals surface area contributed by atoms with Crippen LogP contribution in [-0.2, 0) is 22.1 Å². The molecule has 0 radical (unpaired) electrons. The number of halogens is 3. The Labute approximate surface area is 147 Å². The maximum atomic E-state index is 12.6. The van der Waals surface area contributed by atoms with Crippen molar-refractivity contribution >= 4 is 22.8 Å². The molecule has 0 saturated heterocycles. The highest BCUT2D eigenvalue weighted by molar-refractivity contribution is 6.75. The minimum Gasteiger partial charge on any atom is -0.501 e. The molecule has 0 heterocycles. The molecule has 0 unspecified atom stereocenters. The van der Waals surface area contributed by atoms with E-state index < -0.39 is 36.3 Å². The van der Waals surface area contributed by atoms with Crippen LogP contribution in [0.5, 0.6) is 5.75 Å². The van der Waals surface area contributed by atoms with E-state index in [1.807, 2.05) is 0 Å². The van der Waals surface area contributed by atoms with Gasteiger partial charge in [-0.25, -0.2) is 0 Å². The van der Waals surface area contributed by atoms with E-state index in [1.54, 1.807) is 24.3 Å². The molecule has 0 N–H and O–H groups in total. The summed E-state index contributed by atoms with van der Waals surface area (Å²) in [6, 6.07) is 6.19. The summed E-state index contributed by atoms with van der Waals surface area (Å²) in [6.45, 7) is 0. The fourth-order valence-corrected chi connectivity index (χ4v) is 6.00. The standard InChI is InChI=1S/C14H23F3O6Si2/c1-18-24(19-2,10-9-14(15,16)17)23-12-7-6-8-13(11-12)25(20-3,21-4)22-5/h6-8,11H,9-10H2,1-5H3. The highest BCUT2D eigenvalue weighted by atomic mass is 28.4. The van der Waals surface area contributed by atoms with Crippen molar-refractivity contribution in [2.75, 3.05) is 35.5 Å². The van der Waals surface area contributed by atoms with Crippen LogP contribution in [0.15, 0.2) is 24.3 Å². The molecule has 0 bridgehead atoms. The van der Waals surface area contributed by atoms with Crippen LogP contribution in [0.1, 0.15) is 6.42 Å². The van der Waals surface area contributed by atoms with Gasteiger partial charge in [-0.2, -0.15) is 13.2 Å². The fourth-order valence-electron chi connectivity index (χ4n) is 2.25. The van der Waals surface area contributed by atoms with Crippen molar-refractivity contribution in [1.82, 2.24) is 0 Å². The van der Waals surface area contributed by atoms with Crippen LogP contribution in [0.25, 0.3) is 0 Å². The normalized spacial score (nSPS) is 13.1. The maximum Gasteiger partial charge on any atom is 0.565 e. The number of benzene rings is 1. The van der Waals surface area contributed by atoms with Crippen LogP contribution in [-0.4, -0.2) is 59.3 Å². The topological polar surface area (TPSA) is 55.4 Å². The molecule has 0 aliphatic carbocycles. The lowest BCUT2D eigenvalue weighted by Gasteiger charge is -2.28. The van der Waals surface area contributed by atoms with Gasteiger partial charge in [-0.1, -0.05) is 12.1 Å². The summed E-state index contributed by atoms with van der Waals surface area (Å²) >= 11 is 0. The minimum absolute atomic E-state index is 0.290. The summed E-state index contributed by atoms with van der Waals surface area (Å²) in [4.78, 5) is 0. The van der Waals surface area contributed by atoms with Crippen LogP contribution < -0.4 is 9.61 Å². The van der Waals surface area contributed by atoms with Gasteiger partial charge >= 0.3 is 23.8 Å². The van der Waals surface area contributed by atoms with E-state index in [4.69, 9.17) is 26.6 Å². The smallest absolute Gasteiger partial charge is 0.501 e. The first kappa shape index (κ1) is 22.1. The predicted octanol–water partition coefficient (Wildman–Crippen LogP) is 2.33. The molecular weight excluding hydrogens is 377 g/mol. The molecule has 0 atom stereocenters. The molecule has 0 aliphatic heterocycles. The van der Waals surface area contributed by atoms with Crippen LogP contribution in [0.2, 0.25) is 6.04 Å². The number of hydrogen-bond acceptors (Lipinski definition) is 6. The lowest BCUT2D eigenvalue weighted by molar-refractivity contribution is -0.132. The third-order valence-corrected chi connectivity index (χ3v) is 8.89. The van der Waals surface area contributed by atoms with Gasteiger partial charge in [0, 0.05) is 53.2 Å². The predicted molar refractivity (Wildman–Crippen MR) is 88.7 cm³/mol. The molecule has 11 heteroatoms. The average Bonchev–Trinajstić information content (AvgIpc) is 2.60. The van der Waals surface area contributed by atoms with Gasteiger partial charge in [-0.05, 0) is 12.1 Å². The Bertz CT molecular complexity index is 527. The molecule has 0 aromatic heterocycles. The zero-order valence-electron chi connectivity index (χ0n) is 14.8. The van der Waals surface area contributed by atoms with Gasteiger partial charge in [0.25, 0.3) is 0 Å². The van der Waals surface area contributed by atoms with Gasteiger partial charge in [0.05, 0.1) is 0 Å². The summed E-state index contributed by atoms with van der Waals surface area (Å²) in [7, 11) is 0.289. The Kier molecular flexibility index (Phi) is 8.06. The molecule has 1 aromatic rings. The monoisotopic (exact) mass is 400 g/mol. The Morgan fingerprint density at radius 3 is 1.88 bits per heavy atom. The first-order valence-corrected chi connectivity index (χ1v) is 11.0. The summed E-state index contributed by atoms with van der Waals surface area (Å²) in [5, 5.41) is 0.600. The van der Waals surface area contributed by atoms with E-state index in [2.05, 4.69) is 0 Å². The van der Waals surface area contributed by atoms with Crippen LogP contribution in [0, 0.1) is 0 Å². The van der Waals surface area contributed by atoms with Crippen molar-refractivity contribution in [3.63, 3.8) is 0 Å². The van der Waals surface area contributed by atoms with E-state index in [-0.39, 0.29) is 5.75 Å². The van der Waals surface area contributed by atoms with E-state index >= 15 is 0 Å². The van der Waals surface area contributed by atoms with Crippen LogP contribution in [0.4, 0.5) is 13.2 Å². The van der Waals surface area contributed by atoms with Gasteiger partial charge in [0.1, 0.15) is 5.75 Å². The average molecular weight is 400 g/mol. The summed E-state index contributed by atoms with van der Waals surface area (Å²) in [6.07, 6.45) is -5.39. The molecule has 0 fully saturated rings. The molecule has 144 valence electrons. The number of alkyl halides is 3. The van der Waals surface area contributed by atoms with Gasteiger partial charge < -0.3 is 26.6 Å². The summed E-state index contributed by atoms with van der Waals surface area (Å²) in [5.41, 5.74) is 0. The highest BCUT2D eigenvalue weighted by Gasteiger charge is 2.46. The second kappa shape index (κ2) is 9.12. The third-order valence-electron chi connectivity index (χ3n) is 3.60.